The highest BCUT2D eigenvalue weighted by Crippen LogP contribution is 2.17. The molecule has 1 rings (SSSR count). The zero-order valence-corrected chi connectivity index (χ0v) is 6.73. The fourth-order valence-electron chi connectivity index (χ4n) is 0.751. The molecule has 0 saturated carbocycles. The van der Waals surface area contributed by atoms with Crippen molar-refractivity contribution in [1.29, 1.82) is 0 Å². The van der Waals surface area contributed by atoms with E-state index in [0.717, 1.165) is 12.1 Å². The average Bonchev–Trinajstić information content (AvgIpc) is 2.03. The molecule has 1 aromatic rings. The highest BCUT2D eigenvalue weighted by Gasteiger charge is 2.07. The highest BCUT2D eigenvalue weighted by molar-refractivity contribution is 6.35. The molecule has 0 unspecified atom stereocenters. The smallest absolute Gasteiger partial charge is 0.237 e. The number of hydrogen-bond acceptors (Lipinski definition) is 1. The minimum Gasteiger partial charge on any atom is -0.279 e. The minimum absolute atomic E-state index is 0.0398. The number of carbonyl (C=O) groups excluding carboxylic acids is 1. The van der Waals surface area contributed by atoms with Crippen molar-refractivity contribution in [2.45, 2.75) is 0 Å². The molecule has 0 amide bonds. The summed E-state index contributed by atoms with van der Waals surface area (Å²) in [6, 6.07) is 3.45. The van der Waals surface area contributed by atoms with Crippen molar-refractivity contribution < 1.29 is 9.18 Å². The predicted octanol–water partition coefficient (Wildman–Crippen LogP) is 2.30. The van der Waals surface area contributed by atoms with E-state index in [1.807, 2.05) is 5.92 Å². The van der Waals surface area contributed by atoms with Gasteiger partial charge in [0.1, 0.15) is 5.82 Å². The van der Waals surface area contributed by atoms with Crippen LogP contribution >= 0.6 is 11.6 Å². The molecular weight excluding hydrogens is 179 g/mol. The van der Waals surface area contributed by atoms with Crippen LogP contribution in [-0.2, 0) is 0 Å². The van der Waals surface area contributed by atoms with Crippen LogP contribution in [0.2, 0.25) is 5.02 Å². The van der Waals surface area contributed by atoms with Crippen LogP contribution in [0, 0.1) is 18.2 Å². The number of ketones is 1. The van der Waals surface area contributed by atoms with Gasteiger partial charge in [0.15, 0.2) is 0 Å². The van der Waals surface area contributed by atoms with Crippen molar-refractivity contribution in [3.63, 3.8) is 0 Å². The van der Waals surface area contributed by atoms with E-state index in [1.54, 1.807) is 0 Å². The van der Waals surface area contributed by atoms with Gasteiger partial charge in [-0.1, -0.05) is 11.6 Å². The summed E-state index contributed by atoms with van der Waals surface area (Å²) in [7, 11) is 0. The molecule has 3 heteroatoms. The van der Waals surface area contributed by atoms with Crippen LogP contribution in [0.3, 0.4) is 0 Å². The van der Waals surface area contributed by atoms with Gasteiger partial charge in [-0.2, -0.15) is 0 Å². The second-order valence-electron chi connectivity index (χ2n) is 2.10. The standard InChI is InChI=1S/C9H4ClFO/c1-2-9(12)7-4-3-6(11)5-8(7)10/h1,3-5H. The molecular formula is C9H4ClFO. The Morgan fingerprint density at radius 1 is 1.58 bits per heavy atom. The Morgan fingerprint density at radius 2 is 2.25 bits per heavy atom. The Morgan fingerprint density at radius 3 is 2.75 bits per heavy atom. The topological polar surface area (TPSA) is 17.1 Å². The fourth-order valence-corrected chi connectivity index (χ4v) is 1.00. The molecule has 0 aliphatic rings. The number of Topliss-reactive ketones (excluding diaryl/α,β-unsaturated/α-hetero) is 1. The van der Waals surface area contributed by atoms with Gasteiger partial charge in [-0.15, -0.1) is 6.42 Å². The predicted molar refractivity (Wildman–Crippen MR) is 44.6 cm³/mol. The molecule has 0 fully saturated rings. The van der Waals surface area contributed by atoms with Gasteiger partial charge in [-0.05, 0) is 24.1 Å². The summed E-state index contributed by atoms with van der Waals surface area (Å²) in [5.74, 6) is 0.862. The molecule has 1 aromatic carbocycles. The molecule has 0 aliphatic heterocycles. The van der Waals surface area contributed by atoms with Crippen molar-refractivity contribution in [3.8, 4) is 12.3 Å². The number of halogens is 2. The number of benzene rings is 1. The van der Waals surface area contributed by atoms with Gasteiger partial charge < -0.3 is 0 Å². The van der Waals surface area contributed by atoms with Gasteiger partial charge in [-0.3, -0.25) is 4.79 Å². The molecule has 0 spiro atoms. The van der Waals surface area contributed by atoms with E-state index in [-0.39, 0.29) is 10.6 Å². The van der Waals surface area contributed by atoms with E-state index in [9.17, 15) is 9.18 Å². The summed E-state index contributed by atoms with van der Waals surface area (Å²) in [5, 5.41) is 0.0398. The molecule has 0 aromatic heterocycles. The van der Waals surface area contributed by atoms with Gasteiger partial charge in [0, 0.05) is 5.56 Å². The normalized spacial score (nSPS) is 9.08. The molecule has 0 N–H and O–H groups in total. The lowest BCUT2D eigenvalue weighted by Gasteiger charge is -1.96. The van der Waals surface area contributed by atoms with Crippen molar-refractivity contribution in [1.82, 2.24) is 0 Å². The summed E-state index contributed by atoms with van der Waals surface area (Å²) < 4.78 is 12.5. The van der Waals surface area contributed by atoms with E-state index in [2.05, 4.69) is 0 Å². The Balaban J connectivity index is 3.20. The monoisotopic (exact) mass is 182 g/mol. The lowest BCUT2D eigenvalue weighted by atomic mass is 10.1. The largest absolute Gasteiger partial charge is 0.279 e. The quantitative estimate of drug-likeness (QED) is 0.370. The van der Waals surface area contributed by atoms with Crippen LogP contribution < -0.4 is 0 Å². The van der Waals surface area contributed by atoms with Crippen LogP contribution in [-0.4, -0.2) is 5.78 Å². The van der Waals surface area contributed by atoms with E-state index < -0.39 is 11.6 Å². The molecule has 1 nitrogen and oxygen atoms in total. The first-order valence-corrected chi connectivity index (χ1v) is 3.49. The average molecular weight is 183 g/mol. The SMILES string of the molecule is C#CC(=O)c1ccc(F)cc1Cl. The first-order valence-electron chi connectivity index (χ1n) is 3.11. The molecule has 0 aliphatic carbocycles. The number of rotatable bonds is 1. The number of hydrogen-bond donors (Lipinski definition) is 0. The zero-order valence-electron chi connectivity index (χ0n) is 5.97. The number of carbonyl (C=O) groups is 1. The molecule has 0 atom stereocenters. The molecule has 0 heterocycles. The van der Waals surface area contributed by atoms with Gasteiger partial charge in [0.25, 0.3) is 0 Å². The maximum atomic E-state index is 12.5. The third kappa shape index (κ3) is 1.63. The second kappa shape index (κ2) is 3.38. The lowest BCUT2D eigenvalue weighted by Crippen LogP contribution is -1.95. The van der Waals surface area contributed by atoms with Crippen molar-refractivity contribution >= 4 is 17.4 Å². The van der Waals surface area contributed by atoms with E-state index in [0.29, 0.717) is 0 Å². The van der Waals surface area contributed by atoms with E-state index >= 15 is 0 Å². The maximum Gasteiger partial charge on any atom is 0.237 e. The first-order chi connectivity index (χ1) is 5.65. The molecule has 0 radical (unpaired) electrons. The summed E-state index contributed by atoms with van der Waals surface area (Å²) >= 11 is 5.55. The van der Waals surface area contributed by atoms with Crippen LogP contribution in [0.15, 0.2) is 18.2 Å². The van der Waals surface area contributed by atoms with E-state index in [1.165, 1.54) is 6.07 Å². The summed E-state index contributed by atoms with van der Waals surface area (Å²) in [5.41, 5.74) is 0.153. The highest BCUT2D eigenvalue weighted by atomic mass is 35.5. The first kappa shape index (κ1) is 8.76. The Kier molecular flexibility index (Phi) is 2.47. The molecule has 12 heavy (non-hydrogen) atoms. The van der Waals surface area contributed by atoms with Gasteiger partial charge in [-0.25, -0.2) is 4.39 Å². The molecule has 0 saturated heterocycles. The van der Waals surface area contributed by atoms with Crippen molar-refractivity contribution in [2.75, 3.05) is 0 Å². The molecule has 60 valence electrons. The number of terminal acetylenes is 1. The Hall–Kier alpha value is -1.33. The fraction of sp³-hybridized carbons (Fsp3) is 0. The molecule has 0 bridgehead atoms. The Labute approximate surface area is 74.2 Å². The summed E-state index contributed by atoms with van der Waals surface area (Å²) in [6.07, 6.45) is 4.86. The third-order valence-corrected chi connectivity index (χ3v) is 1.62. The zero-order chi connectivity index (χ0) is 9.14. The van der Waals surface area contributed by atoms with Gasteiger partial charge in [0.05, 0.1) is 5.02 Å². The van der Waals surface area contributed by atoms with Crippen LogP contribution in [0.5, 0.6) is 0 Å². The van der Waals surface area contributed by atoms with Crippen LogP contribution in [0.1, 0.15) is 10.4 Å². The van der Waals surface area contributed by atoms with Gasteiger partial charge >= 0.3 is 0 Å². The summed E-state index contributed by atoms with van der Waals surface area (Å²) in [4.78, 5) is 10.9. The van der Waals surface area contributed by atoms with Crippen LogP contribution in [0.4, 0.5) is 4.39 Å². The Bertz CT molecular complexity index is 365. The van der Waals surface area contributed by atoms with E-state index in [4.69, 9.17) is 18.0 Å². The minimum atomic E-state index is -0.542. The van der Waals surface area contributed by atoms with Crippen molar-refractivity contribution in [3.05, 3.63) is 34.6 Å². The van der Waals surface area contributed by atoms with Crippen molar-refractivity contribution in [2.24, 2.45) is 0 Å². The van der Waals surface area contributed by atoms with Gasteiger partial charge in [0.2, 0.25) is 5.78 Å². The second-order valence-corrected chi connectivity index (χ2v) is 2.50. The third-order valence-electron chi connectivity index (χ3n) is 1.31. The summed E-state index contributed by atoms with van der Waals surface area (Å²) in [6.45, 7) is 0. The maximum absolute atomic E-state index is 12.5. The van der Waals surface area contributed by atoms with Crippen LogP contribution in [0.25, 0.3) is 0 Å². The lowest BCUT2D eigenvalue weighted by molar-refractivity contribution is 0.105.